The molecule has 0 saturated carbocycles. The van der Waals surface area contributed by atoms with Gasteiger partial charge in [-0.1, -0.05) is 36.4 Å². The van der Waals surface area contributed by atoms with E-state index >= 15 is 0 Å². The zero-order chi connectivity index (χ0) is 25.8. The molecule has 2 aromatic rings. The molecule has 0 radical (unpaired) electrons. The Morgan fingerprint density at radius 3 is 2.28 bits per heavy atom. The number of piperidine rings is 2. The molecule has 2 fully saturated rings. The summed E-state index contributed by atoms with van der Waals surface area (Å²) < 4.78 is 50.1. The topological polar surface area (TPSA) is 59.1 Å². The number of nitrogens with zero attached hydrogens (tertiary/aromatic N) is 2. The third-order valence-electron chi connectivity index (χ3n) is 7.26. The second-order valence-corrected chi connectivity index (χ2v) is 9.44. The molecule has 1 unspecified atom stereocenters. The van der Waals surface area contributed by atoms with Crippen LogP contribution in [0, 0.1) is 5.41 Å². The summed E-state index contributed by atoms with van der Waals surface area (Å²) >= 11 is 0. The van der Waals surface area contributed by atoms with Gasteiger partial charge in [-0.05, 0) is 57.5 Å². The molecule has 1 spiro atoms. The maximum Gasteiger partial charge on any atom is 0.490 e. The minimum absolute atomic E-state index is 0.0529. The van der Waals surface area contributed by atoms with E-state index in [4.69, 9.17) is 9.47 Å². The molecular weight excluding hydrogens is 473 g/mol. The molecule has 2 saturated heterocycles. The van der Waals surface area contributed by atoms with Gasteiger partial charge < -0.3 is 14.4 Å². The van der Waals surface area contributed by atoms with Gasteiger partial charge in [-0.3, -0.25) is 9.69 Å². The molecule has 0 aliphatic carbocycles. The van der Waals surface area contributed by atoms with Crippen LogP contribution in [-0.2, 0) is 16.1 Å². The molecule has 0 N–H and O–H groups in total. The molecule has 2 aromatic carbocycles. The molecule has 9 heteroatoms. The third kappa shape index (κ3) is 5.83. The minimum Gasteiger partial charge on any atom is -0.494 e. The van der Waals surface area contributed by atoms with Crippen LogP contribution < -0.4 is 4.74 Å². The lowest BCUT2D eigenvalue weighted by atomic mass is 9.69. The van der Waals surface area contributed by atoms with Gasteiger partial charge in [0, 0.05) is 29.6 Å². The first-order valence-electron chi connectivity index (χ1n) is 12.3. The van der Waals surface area contributed by atoms with Gasteiger partial charge in [0.05, 0.1) is 13.2 Å². The van der Waals surface area contributed by atoms with Gasteiger partial charge in [-0.25, -0.2) is 4.79 Å². The van der Waals surface area contributed by atoms with Crippen molar-refractivity contribution < 1.29 is 32.2 Å². The number of carbonyl (C=O) groups excluding carboxylic acids is 2. The molecule has 1 amide bonds. The first kappa shape index (κ1) is 26.0. The van der Waals surface area contributed by atoms with E-state index in [0.29, 0.717) is 57.6 Å². The van der Waals surface area contributed by atoms with Crippen molar-refractivity contribution in [2.24, 2.45) is 5.41 Å². The molecule has 4 rings (SSSR count). The normalized spacial score (nSPS) is 20.2. The number of hydrogen-bond acceptors (Lipinski definition) is 5. The summed E-state index contributed by atoms with van der Waals surface area (Å²) in [6.07, 6.45) is -4.48. The summed E-state index contributed by atoms with van der Waals surface area (Å²) in [6, 6.07) is 16.4. The van der Waals surface area contributed by atoms with Gasteiger partial charge in [-0.15, -0.1) is 0 Å². The Hall–Kier alpha value is -3.07. The van der Waals surface area contributed by atoms with Crippen molar-refractivity contribution in [3.05, 3.63) is 65.7 Å². The van der Waals surface area contributed by atoms with Gasteiger partial charge in [0.25, 0.3) is 5.91 Å². The second-order valence-electron chi connectivity index (χ2n) is 9.44. The van der Waals surface area contributed by atoms with E-state index in [9.17, 15) is 22.8 Å². The largest absolute Gasteiger partial charge is 0.494 e. The standard InChI is InChI=1S/C27H31F3N2O4/c1-2-35-22-11-7-6-10-21(22)18-31-15-12-26(13-16-31)14-17-32(24(33)20-8-4-3-5-9-20)19-23(26)36-25(34)27(28,29)30/h3-11,23H,2,12-19H2,1H3. The Bertz CT molecular complexity index is 1050. The third-order valence-corrected chi connectivity index (χ3v) is 7.26. The van der Waals surface area contributed by atoms with Crippen LogP contribution >= 0.6 is 0 Å². The fraction of sp³-hybridized carbons (Fsp3) is 0.481. The van der Waals surface area contributed by atoms with E-state index in [0.717, 1.165) is 11.3 Å². The molecule has 2 aliphatic heterocycles. The van der Waals surface area contributed by atoms with E-state index in [1.54, 1.807) is 30.3 Å². The summed E-state index contributed by atoms with van der Waals surface area (Å²) in [6.45, 7) is 4.80. The molecule has 36 heavy (non-hydrogen) atoms. The molecular formula is C27H31F3N2O4. The van der Waals surface area contributed by atoms with Crippen molar-refractivity contribution >= 4 is 11.9 Å². The first-order valence-corrected chi connectivity index (χ1v) is 12.3. The number of amides is 1. The van der Waals surface area contributed by atoms with Crippen LogP contribution in [0.4, 0.5) is 13.2 Å². The Balaban J connectivity index is 1.47. The quantitative estimate of drug-likeness (QED) is 0.535. The van der Waals surface area contributed by atoms with Crippen LogP contribution in [-0.4, -0.2) is 66.7 Å². The van der Waals surface area contributed by atoms with Crippen LogP contribution in [0.3, 0.4) is 0 Å². The minimum atomic E-state index is -5.09. The van der Waals surface area contributed by atoms with Crippen LogP contribution in [0.15, 0.2) is 54.6 Å². The number of hydrogen-bond donors (Lipinski definition) is 0. The second kappa shape index (κ2) is 10.9. The number of rotatable bonds is 6. The number of ether oxygens (including phenoxy) is 2. The van der Waals surface area contributed by atoms with Gasteiger partial charge in [0.1, 0.15) is 11.9 Å². The average Bonchev–Trinajstić information content (AvgIpc) is 2.87. The van der Waals surface area contributed by atoms with Gasteiger partial charge in [-0.2, -0.15) is 13.2 Å². The van der Waals surface area contributed by atoms with E-state index in [-0.39, 0.29) is 12.5 Å². The lowest BCUT2D eigenvalue weighted by molar-refractivity contribution is -0.216. The number of para-hydroxylation sites is 1. The van der Waals surface area contributed by atoms with Gasteiger partial charge in [0.2, 0.25) is 0 Å². The van der Waals surface area contributed by atoms with Crippen LogP contribution in [0.1, 0.15) is 42.1 Å². The monoisotopic (exact) mass is 504 g/mol. The number of halogens is 3. The Morgan fingerprint density at radius 1 is 0.972 bits per heavy atom. The SMILES string of the molecule is CCOc1ccccc1CN1CCC2(CC1)CCN(C(=O)c1ccccc1)CC2OC(=O)C(F)(F)F. The highest BCUT2D eigenvalue weighted by atomic mass is 19.4. The van der Waals surface area contributed by atoms with Crippen molar-refractivity contribution in [2.75, 3.05) is 32.8 Å². The Morgan fingerprint density at radius 2 is 1.61 bits per heavy atom. The van der Waals surface area contributed by atoms with E-state index in [2.05, 4.69) is 4.90 Å². The summed E-state index contributed by atoms with van der Waals surface area (Å²) in [5.74, 6) is -1.65. The predicted octanol–water partition coefficient (Wildman–Crippen LogP) is 4.69. The molecule has 0 aromatic heterocycles. The van der Waals surface area contributed by atoms with Gasteiger partial charge in [0.15, 0.2) is 0 Å². The maximum atomic E-state index is 13.1. The average molecular weight is 505 g/mol. The number of esters is 1. The molecule has 1 atom stereocenters. The van der Waals surface area contributed by atoms with Crippen molar-refractivity contribution in [3.63, 3.8) is 0 Å². The molecule has 6 nitrogen and oxygen atoms in total. The smallest absolute Gasteiger partial charge is 0.490 e. The van der Waals surface area contributed by atoms with E-state index in [1.165, 1.54) is 4.90 Å². The zero-order valence-electron chi connectivity index (χ0n) is 20.3. The number of carbonyl (C=O) groups is 2. The summed E-state index contributed by atoms with van der Waals surface area (Å²) in [4.78, 5) is 28.6. The summed E-state index contributed by atoms with van der Waals surface area (Å²) in [5, 5.41) is 0. The van der Waals surface area contributed by atoms with E-state index < -0.39 is 23.7 Å². The van der Waals surface area contributed by atoms with E-state index in [1.807, 2.05) is 31.2 Å². The first-order chi connectivity index (χ1) is 17.2. The fourth-order valence-corrected chi connectivity index (χ4v) is 5.21. The summed E-state index contributed by atoms with van der Waals surface area (Å²) in [5.41, 5.74) is 0.903. The molecule has 2 heterocycles. The Kier molecular flexibility index (Phi) is 7.88. The van der Waals surface area contributed by atoms with Crippen molar-refractivity contribution in [3.8, 4) is 5.75 Å². The van der Waals surface area contributed by atoms with Crippen molar-refractivity contribution in [1.29, 1.82) is 0 Å². The number of benzene rings is 2. The van der Waals surface area contributed by atoms with Crippen LogP contribution in [0.2, 0.25) is 0 Å². The van der Waals surface area contributed by atoms with Crippen molar-refractivity contribution in [2.45, 2.75) is 45.0 Å². The summed E-state index contributed by atoms with van der Waals surface area (Å²) in [7, 11) is 0. The van der Waals surface area contributed by atoms with Crippen LogP contribution in [0.5, 0.6) is 5.75 Å². The number of alkyl halides is 3. The molecule has 2 aliphatic rings. The lowest BCUT2D eigenvalue weighted by Crippen LogP contribution is -2.58. The Labute approximate surface area is 209 Å². The highest BCUT2D eigenvalue weighted by Gasteiger charge is 2.51. The van der Waals surface area contributed by atoms with Gasteiger partial charge >= 0.3 is 12.1 Å². The zero-order valence-corrected chi connectivity index (χ0v) is 20.3. The lowest BCUT2D eigenvalue weighted by Gasteiger charge is -2.51. The maximum absolute atomic E-state index is 13.1. The fourth-order valence-electron chi connectivity index (χ4n) is 5.21. The van der Waals surface area contributed by atoms with Crippen LogP contribution in [0.25, 0.3) is 0 Å². The molecule has 0 bridgehead atoms. The predicted molar refractivity (Wildman–Crippen MR) is 127 cm³/mol. The molecule has 194 valence electrons. The highest BCUT2D eigenvalue weighted by molar-refractivity contribution is 5.94. The number of likely N-dealkylation sites (tertiary alicyclic amines) is 2. The highest BCUT2D eigenvalue weighted by Crippen LogP contribution is 2.44. The van der Waals surface area contributed by atoms with Crippen molar-refractivity contribution in [1.82, 2.24) is 9.80 Å².